The molecule has 0 bridgehead atoms. The van der Waals surface area contributed by atoms with Gasteiger partial charge in [-0.15, -0.1) is 0 Å². The number of thioether (sulfide) groups is 1. The number of rotatable bonds is 6. The van der Waals surface area contributed by atoms with Crippen LogP contribution in [0.3, 0.4) is 0 Å². The minimum absolute atomic E-state index is 0.244. The van der Waals surface area contributed by atoms with Gasteiger partial charge in [0.25, 0.3) is 11.1 Å². The number of benzene rings is 2. The maximum atomic E-state index is 12.7. The summed E-state index contributed by atoms with van der Waals surface area (Å²) in [7, 11) is 0. The fourth-order valence-corrected chi connectivity index (χ4v) is 3.73. The number of imide groups is 1. The molecule has 2 aromatic carbocycles. The van der Waals surface area contributed by atoms with Gasteiger partial charge in [0.05, 0.1) is 11.5 Å². The Hall–Kier alpha value is -2.77. The number of amides is 3. The van der Waals surface area contributed by atoms with Crippen LogP contribution in [0.25, 0.3) is 6.08 Å². The molecule has 2 aromatic rings. The van der Waals surface area contributed by atoms with Crippen molar-refractivity contribution in [3.8, 4) is 5.75 Å². The van der Waals surface area contributed by atoms with Crippen molar-refractivity contribution in [2.24, 2.45) is 0 Å². The molecule has 3 rings (SSSR count). The van der Waals surface area contributed by atoms with E-state index in [9.17, 15) is 14.4 Å². The third-order valence-corrected chi connectivity index (χ3v) is 5.30. The van der Waals surface area contributed by atoms with Gasteiger partial charge in [-0.1, -0.05) is 35.9 Å². The smallest absolute Gasteiger partial charge is 0.294 e. The molecule has 3 amide bonds. The first-order valence-corrected chi connectivity index (χ1v) is 10.1. The Bertz CT molecular complexity index is 1010. The summed E-state index contributed by atoms with van der Waals surface area (Å²) in [6.07, 6.45) is 1.61. The van der Waals surface area contributed by atoms with E-state index in [2.05, 4.69) is 5.32 Å². The number of hydrogen-bond donors (Lipinski definition) is 1. The van der Waals surface area contributed by atoms with Crippen molar-refractivity contribution < 1.29 is 19.1 Å². The highest BCUT2D eigenvalue weighted by atomic mass is 35.5. The van der Waals surface area contributed by atoms with Crippen LogP contribution < -0.4 is 10.1 Å². The Morgan fingerprint density at radius 1 is 1.24 bits per heavy atom. The number of anilines is 1. The van der Waals surface area contributed by atoms with Gasteiger partial charge >= 0.3 is 0 Å². The topological polar surface area (TPSA) is 75.7 Å². The molecule has 1 heterocycles. The fourth-order valence-electron chi connectivity index (χ4n) is 2.73. The van der Waals surface area contributed by atoms with Gasteiger partial charge in [0.1, 0.15) is 12.3 Å². The second kappa shape index (κ2) is 9.15. The molecule has 0 aliphatic carbocycles. The monoisotopic (exact) mass is 430 g/mol. The van der Waals surface area contributed by atoms with Crippen molar-refractivity contribution in [2.45, 2.75) is 13.8 Å². The Labute approximate surface area is 177 Å². The molecule has 0 atom stereocenters. The van der Waals surface area contributed by atoms with E-state index in [1.54, 1.807) is 36.4 Å². The zero-order valence-corrected chi connectivity index (χ0v) is 17.5. The number of nitrogens with one attached hydrogen (secondary N) is 1. The molecule has 1 saturated heterocycles. The van der Waals surface area contributed by atoms with Crippen LogP contribution in [0.4, 0.5) is 10.5 Å². The predicted molar refractivity (Wildman–Crippen MR) is 115 cm³/mol. The number of para-hydroxylation sites is 1. The van der Waals surface area contributed by atoms with Crippen molar-refractivity contribution in [3.63, 3.8) is 0 Å². The van der Waals surface area contributed by atoms with E-state index in [0.29, 0.717) is 28.6 Å². The average molecular weight is 431 g/mol. The van der Waals surface area contributed by atoms with Crippen LogP contribution in [-0.4, -0.2) is 35.1 Å². The molecule has 29 heavy (non-hydrogen) atoms. The molecule has 0 unspecified atom stereocenters. The predicted octanol–water partition coefficient (Wildman–Crippen LogP) is 4.72. The normalized spacial score (nSPS) is 15.1. The summed E-state index contributed by atoms with van der Waals surface area (Å²) in [6, 6.07) is 12.3. The molecule has 6 nitrogen and oxygen atoms in total. The first-order valence-electron chi connectivity index (χ1n) is 8.92. The van der Waals surface area contributed by atoms with Crippen LogP contribution in [0, 0.1) is 6.92 Å². The molecule has 150 valence electrons. The standard InChI is InChI=1S/C21H19ClN2O4S/c1-3-28-17-7-5-4-6-14(17)10-18-20(26)24(21(27)29-18)12-19(25)23-16-11-15(22)9-8-13(16)2/h4-11H,3,12H2,1-2H3,(H,23,25)/b18-10+. The quantitative estimate of drug-likeness (QED) is 0.671. The molecule has 0 spiro atoms. The van der Waals surface area contributed by atoms with Crippen molar-refractivity contribution in [2.75, 3.05) is 18.5 Å². The number of hydrogen-bond acceptors (Lipinski definition) is 5. The number of aryl methyl sites for hydroxylation is 1. The number of carbonyl (C=O) groups is 3. The van der Waals surface area contributed by atoms with Crippen LogP contribution in [0.1, 0.15) is 18.1 Å². The molecule has 0 radical (unpaired) electrons. The van der Waals surface area contributed by atoms with Crippen LogP contribution in [0.5, 0.6) is 5.75 Å². The van der Waals surface area contributed by atoms with Gasteiger partial charge in [-0.2, -0.15) is 0 Å². The van der Waals surface area contributed by atoms with Crippen molar-refractivity contribution in [3.05, 3.63) is 63.5 Å². The second-order valence-electron chi connectivity index (χ2n) is 6.25. The number of carbonyl (C=O) groups excluding carboxylic acids is 3. The number of nitrogens with zero attached hydrogens (tertiary/aromatic N) is 1. The minimum atomic E-state index is -0.510. The van der Waals surface area contributed by atoms with Crippen molar-refractivity contribution >= 4 is 52.2 Å². The zero-order chi connectivity index (χ0) is 21.0. The Kier molecular flexibility index (Phi) is 6.61. The lowest BCUT2D eigenvalue weighted by molar-refractivity contribution is -0.127. The van der Waals surface area contributed by atoms with Crippen LogP contribution in [-0.2, 0) is 9.59 Å². The molecule has 1 aliphatic rings. The van der Waals surface area contributed by atoms with Gasteiger partial charge in [0.2, 0.25) is 5.91 Å². The van der Waals surface area contributed by atoms with Crippen LogP contribution in [0.15, 0.2) is 47.4 Å². The van der Waals surface area contributed by atoms with E-state index < -0.39 is 17.1 Å². The van der Waals surface area contributed by atoms with E-state index in [-0.39, 0.29) is 11.4 Å². The maximum absolute atomic E-state index is 12.7. The van der Waals surface area contributed by atoms with E-state index >= 15 is 0 Å². The number of ether oxygens (including phenoxy) is 1. The Balaban J connectivity index is 1.74. The second-order valence-corrected chi connectivity index (χ2v) is 7.68. The van der Waals surface area contributed by atoms with E-state index in [1.807, 2.05) is 26.0 Å². The maximum Gasteiger partial charge on any atom is 0.294 e. The van der Waals surface area contributed by atoms with Gasteiger partial charge < -0.3 is 10.1 Å². The largest absolute Gasteiger partial charge is 0.493 e. The first-order chi connectivity index (χ1) is 13.9. The molecule has 8 heteroatoms. The summed E-state index contributed by atoms with van der Waals surface area (Å²) in [5.74, 6) is -0.367. The summed E-state index contributed by atoms with van der Waals surface area (Å²) < 4.78 is 5.55. The van der Waals surface area contributed by atoms with Gasteiger partial charge in [-0.25, -0.2) is 0 Å². The summed E-state index contributed by atoms with van der Waals surface area (Å²) in [4.78, 5) is 38.5. The Morgan fingerprint density at radius 3 is 2.76 bits per heavy atom. The third-order valence-electron chi connectivity index (χ3n) is 4.15. The highest BCUT2D eigenvalue weighted by Crippen LogP contribution is 2.34. The van der Waals surface area contributed by atoms with Gasteiger partial charge in [-0.05, 0) is 55.4 Å². The fraction of sp³-hybridized carbons (Fsp3) is 0.190. The minimum Gasteiger partial charge on any atom is -0.493 e. The molecular weight excluding hydrogens is 412 g/mol. The van der Waals surface area contributed by atoms with Crippen LogP contribution >= 0.6 is 23.4 Å². The lowest BCUT2D eigenvalue weighted by atomic mass is 10.2. The van der Waals surface area contributed by atoms with Gasteiger partial charge in [-0.3, -0.25) is 19.3 Å². The average Bonchev–Trinajstić information content (AvgIpc) is 2.94. The van der Waals surface area contributed by atoms with E-state index in [0.717, 1.165) is 22.2 Å². The van der Waals surface area contributed by atoms with E-state index in [1.165, 1.54) is 0 Å². The summed E-state index contributed by atoms with van der Waals surface area (Å²) >= 11 is 6.76. The van der Waals surface area contributed by atoms with Crippen molar-refractivity contribution in [1.29, 1.82) is 0 Å². The highest BCUT2D eigenvalue weighted by molar-refractivity contribution is 8.18. The molecule has 1 aliphatic heterocycles. The molecule has 1 N–H and O–H groups in total. The van der Waals surface area contributed by atoms with E-state index in [4.69, 9.17) is 16.3 Å². The summed E-state index contributed by atoms with van der Waals surface area (Å²) in [5.41, 5.74) is 2.05. The van der Waals surface area contributed by atoms with Gasteiger partial charge in [0.15, 0.2) is 0 Å². The Morgan fingerprint density at radius 2 is 2.00 bits per heavy atom. The summed E-state index contributed by atoms with van der Waals surface area (Å²) in [6.45, 7) is 3.80. The third kappa shape index (κ3) is 4.99. The van der Waals surface area contributed by atoms with Gasteiger partial charge in [0, 0.05) is 16.3 Å². The van der Waals surface area contributed by atoms with Crippen LogP contribution in [0.2, 0.25) is 5.02 Å². The first kappa shape index (κ1) is 21.0. The van der Waals surface area contributed by atoms with Crippen molar-refractivity contribution in [1.82, 2.24) is 4.90 Å². The SMILES string of the molecule is CCOc1ccccc1/C=C1/SC(=O)N(CC(=O)Nc2cc(Cl)ccc2C)C1=O. The molecule has 0 aromatic heterocycles. The zero-order valence-electron chi connectivity index (χ0n) is 15.9. The number of halogens is 1. The molecular formula is C21H19ClN2O4S. The molecule has 1 fully saturated rings. The lowest BCUT2D eigenvalue weighted by Gasteiger charge is -2.14. The molecule has 0 saturated carbocycles. The summed E-state index contributed by atoms with van der Waals surface area (Å²) in [5, 5.41) is 2.68. The highest BCUT2D eigenvalue weighted by Gasteiger charge is 2.36. The lowest BCUT2D eigenvalue weighted by Crippen LogP contribution is -2.36.